The molecule has 1 heterocycles. The van der Waals surface area contributed by atoms with Crippen molar-refractivity contribution in [2.45, 2.75) is 24.1 Å². The van der Waals surface area contributed by atoms with Crippen molar-refractivity contribution >= 4 is 29.3 Å². The summed E-state index contributed by atoms with van der Waals surface area (Å²) in [4.78, 5) is 25.1. The van der Waals surface area contributed by atoms with Gasteiger partial charge >= 0.3 is 12.4 Å². The van der Waals surface area contributed by atoms with Crippen LogP contribution in [0.4, 0.5) is 32.0 Å². The number of hydrogen-bond acceptors (Lipinski definition) is 5. The number of thioether (sulfide) groups is 1. The maximum Gasteiger partial charge on any atom is 0.418 e. The van der Waals surface area contributed by atoms with Crippen LogP contribution in [0.2, 0.25) is 0 Å². The number of aromatic nitrogens is 3. The summed E-state index contributed by atoms with van der Waals surface area (Å²) in [6.07, 6.45) is -9.40. The molecule has 0 aliphatic rings. The summed E-state index contributed by atoms with van der Waals surface area (Å²) in [6, 6.07) is 17.4. The first kappa shape index (κ1) is 28.7. The van der Waals surface area contributed by atoms with E-state index in [1.165, 1.54) is 28.8 Å². The zero-order valence-corrected chi connectivity index (χ0v) is 21.1. The van der Waals surface area contributed by atoms with Crippen molar-refractivity contribution in [3.63, 3.8) is 0 Å². The minimum absolute atomic E-state index is 0.148. The van der Waals surface area contributed by atoms with E-state index in [1.807, 2.05) is 0 Å². The Balaban J connectivity index is 1.52. The van der Waals surface area contributed by atoms with Crippen LogP contribution in [-0.4, -0.2) is 32.3 Å². The predicted molar refractivity (Wildman–Crippen MR) is 135 cm³/mol. The highest BCUT2D eigenvalue weighted by atomic mass is 32.2. The average Bonchev–Trinajstić information content (AvgIpc) is 3.33. The van der Waals surface area contributed by atoms with E-state index >= 15 is 0 Å². The van der Waals surface area contributed by atoms with Gasteiger partial charge in [-0.2, -0.15) is 26.3 Å². The van der Waals surface area contributed by atoms with Gasteiger partial charge < -0.3 is 10.6 Å². The molecule has 7 nitrogen and oxygen atoms in total. The fourth-order valence-electron chi connectivity index (χ4n) is 3.68. The van der Waals surface area contributed by atoms with E-state index in [1.54, 1.807) is 30.3 Å². The van der Waals surface area contributed by atoms with E-state index in [0.29, 0.717) is 5.69 Å². The van der Waals surface area contributed by atoms with Gasteiger partial charge in [-0.25, -0.2) is 0 Å². The monoisotopic (exact) mass is 579 g/mol. The summed E-state index contributed by atoms with van der Waals surface area (Å²) in [5, 5.41) is 12.9. The van der Waals surface area contributed by atoms with Gasteiger partial charge in [0.1, 0.15) is 0 Å². The first-order chi connectivity index (χ1) is 18.9. The molecule has 4 rings (SSSR count). The summed E-state index contributed by atoms with van der Waals surface area (Å²) in [5.74, 6) is -1.90. The van der Waals surface area contributed by atoms with Crippen LogP contribution in [0.1, 0.15) is 27.3 Å². The van der Waals surface area contributed by atoms with Crippen LogP contribution in [-0.2, 0) is 23.7 Å². The third kappa shape index (κ3) is 6.81. The molecule has 14 heteroatoms. The molecule has 0 spiro atoms. The Labute approximate surface area is 227 Å². The van der Waals surface area contributed by atoms with Gasteiger partial charge in [0.2, 0.25) is 5.91 Å². The highest BCUT2D eigenvalue weighted by Crippen LogP contribution is 2.35. The molecular weight excluding hydrogens is 560 g/mol. The molecule has 0 bridgehead atoms. The third-order valence-corrected chi connectivity index (χ3v) is 6.37. The number of nitrogens with one attached hydrogen (secondary N) is 2. The van der Waals surface area contributed by atoms with Crippen LogP contribution in [0.5, 0.6) is 0 Å². The largest absolute Gasteiger partial charge is 0.418 e. The number of rotatable bonds is 8. The Morgan fingerprint density at radius 3 is 2.05 bits per heavy atom. The number of hydrogen-bond donors (Lipinski definition) is 2. The average molecular weight is 580 g/mol. The van der Waals surface area contributed by atoms with Gasteiger partial charge in [0.15, 0.2) is 11.0 Å². The molecule has 0 aliphatic heterocycles. The van der Waals surface area contributed by atoms with Crippen LogP contribution < -0.4 is 10.6 Å². The Kier molecular flexibility index (Phi) is 8.47. The minimum atomic E-state index is -4.73. The maximum absolute atomic E-state index is 13.3. The van der Waals surface area contributed by atoms with Gasteiger partial charge in [0.05, 0.1) is 34.7 Å². The van der Waals surface area contributed by atoms with Crippen molar-refractivity contribution in [3.05, 3.63) is 101 Å². The van der Waals surface area contributed by atoms with E-state index < -0.39 is 46.5 Å². The van der Waals surface area contributed by atoms with Gasteiger partial charge in [0, 0.05) is 5.69 Å². The summed E-state index contributed by atoms with van der Waals surface area (Å²) in [5.41, 5.74) is -2.52. The molecular formula is C26H19F6N5O2S. The number of benzene rings is 3. The summed E-state index contributed by atoms with van der Waals surface area (Å²) < 4.78 is 81.2. The molecule has 1 aromatic heterocycles. The number of anilines is 1. The Morgan fingerprint density at radius 2 is 1.38 bits per heavy atom. The summed E-state index contributed by atoms with van der Waals surface area (Å²) in [7, 11) is 0. The Bertz CT molecular complexity index is 1510. The standard InChI is InChI=1S/C26H19F6N5O2S/c27-25(28,29)18-11-5-4-10-17(18)23(39)33-14-21-35-36-24(37(21)16-8-2-1-3-9-16)40-15-22(38)34-20-13-7-6-12-19(20)26(30,31)32/h1-13H,14-15H2,(H,33,39)(H,34,38). The van der Waals surface area contributed by atoms with Crippen molar-refractivity contribution in [1.82, 2.24) is 20.1 Å². The van der Waals surface area contributed by atoms with E-state index in [4.69, 9.17) is 0 Å². The normalized spacial score (nSPS) is 11.8. The Hall–Kier alpha value is -4.33. The highest BCUT2D eigenvalue weighted by molar-refractivity contribution is 7.99. The van der Waals surface area contributed by atoms with Crippen molar-refractivity contribution in [3.8, 4) is 5.69 Å². The smallest absolute Gasteiger partial charge is 0.345 e. The van der Waals surface area contributed by atoms with E-state index in [9.17, 15) is 35.9 Å². The fraction of sp³-hybridized carbons (Fsp3) is 0.154. The van der Waals surface area contributed by atoms with Crippen LogP contribution in [0, 0.1) is 0 Å². The lowest BCUT2D eigenvalue weighted by Crippen LogP contribution is -2.27. The van der Waals surface area contributed by atoms with Crippen LogP contribution in [0.3, 0.4) is 0 Å². The summed E-state index contributed by atoms with van der Waals surface area (Å²) >= 11 is 0.874. The van der Waals surface area contributed by atoms with Crippen LogP contribution in [0.15, 0.2) is 84.0 Å². The lowest BCUT2D eigenvalue weighted by Gasteiger charge is -2.14. The molecule has 0 radical (unpaired) electrons. The first-order valence-electron chi connectivity index (χ1n) is 11.5. The lowest BCUT2D eigenvalue weighted by molar-refractivity contribution is -0.138. The van der Waals surface area contributed by atoms with Gasteiger partial charge in [-0.15, -0.1) is 10.2 Å². The van der Waals surface area contributed by atoms with Crippen molar-refractivity contribution in [2.75, 3.05) is 11.1 Å². The second-order valence-electron chi connectivity index (χ2n) is 8.18. The highest BCUT2D eigenvalue weighted by Gasteiger charge is 2.35. The zero-order chi connectivity index (χ0) is 28.9. The van der Waals surface area contributed by atoms with Gasteiger partial charge in [-0.3, -0.25) is 14.2 Å². The molecule has 0 saturated heterocycles. The Morgan fingerprint density at radius 1 is 0.775 bits per heavy atom. The molecule has 208 valence electrons. The number of amides is 2. The summed E-state index contributed by atoms with van der Waals surface area (Å²) in [6.45, 7) is -0.307. The molecule has 0 aliphatic carbocycles. The zero-order valence-electron chi connectivity index (χ0n) is 20.3. The molecule has 2 N–H and O–H groups in total. The number of nitrogens with zero attached hydrogens (tertiary/aromatic N) is 3. The van der Waals surface area contributed by atoms with E-state index in [0.717, 1.165) is 36.0 Å². The second-order valence-corrected chi connectivity index (χ2v) is 9.12. The quantitative estimate of drug-likeness (QED) is 0.199. The second kappa shape index (κ2) is 11.8. The SMILES string of the molecule is O=C(CSc1nnc(CNC(=O)c2ccccc2C(F)(F)F)n1-c1ccccc1)Nc1ccccc1C(F)(F)F. The van der Waals surface area contributed by atoms with Gasteiger partial charge in [-0.05, 0) is 36.4 Å². The van der Waals surface area contributed by atoms with Crippen LogP contribution >= 0.6 is 11.8 Å². The number of carbonyl (C=O) groups excluding carboxylic acids is 2. The van der Waals surface area contributed by atoms with Gasteiger partial charge in [-0.1, -0.05) is 54.2 Å². The van der Waals surface area contributed by atoms with E-state index in [2.05, 4.69) is 20.8 Å². The maximum atomic E-state index is 13.3. The number of carbonyl (C=O) groups is 2. The number of halogens is 6. The molecule has 4 aromatic rings. The first-order valence-corrected chi connectivity index (χ1v) is 12.5. The molecule has 0 fully saturated rings. The predicted octanol–water partition coefficient (Wildman–Crippen LogP) is 5.97. The number of para-hydroxylation sites is 2. The van der Waals surface area contributed by atoms with Crippen molar-refractivity contribution < 1.29 is 35.9 Å². The molecule has 40 heavy (non-hydrogen) atoms. The van der Waals surface area contributed by atoms with Crippen molar-refractivity contribution in [1.29, 1.82) is 0 Å². The lowest BCUT2D eigenvalue weighted by atomic mass is 10.1. The molecule has 0 saturated carbocycles. The third-order valence-electron chi connectivity index (χ3n) is 5.44. The number of alkyl halides is 6. The van der Waals surface area contributed by atoms with E-state index in [-0.39, 0.29) is 23.3 Å². The molecule has 3 aromatic carbocycles. The molecule has 2 amide bonds. The van der Waals surface area contributed by atoms with Crippen molar-refractivity contribution in [2.24, 2.45) is 0 Å². The topological polar surface area (TPSA) is 88.9 Å². The minimum Gasteiger partial charge on any atom is -0.345 e. The van der Waals surface area contributed by atoms with Gasteiger partial charge in [0.25, 0.3) is 5.91 Å². The van der Waals surface area contributed by atoms with Crippen LogP contribution in [0.25, 0.3) is 5.69 Å². The molecule has 0 unspecified atom stereocenters. The molecule has 0 atom stereocenters. The fourth-order valence-corrected chi connectivity index (χ4v) is 4.45.